The van der Waals surface area contributed by atoms with Gasteiger partial charge >= 0.3 is 0 Å². The molecule has 1 spiro atoms. The number of methoxy groups -OCH3 is 2. The first-order valence-corrected chi connectivity index (χ1v) is 13.1. The molecule has 39 heavy (non-hydrogen) atoms. The van der Waals surface area contributed by atoms with Gasteiger partial charge in [-0.05, 0) is 30.7 Å². The zero-order valence-corrected chi connectivity index (χ0v) is 22.7. The first-order chi connectivity index (χ1) is 18.7. The molecule has 2 aromatic carbocycles. The number of nitrogens with one attached hydrogen (secondary N) is 1. The second-order valence-electron chi connectivity index (χ2n) is 9.78. The molecule has 1 amide bonds. The summed E-state index contributed by atoms with van der Waals surface area (Å²) in [6.45, 7) is 1.74. The van der Waals surface area contributed by atoms with Gasteiger partial charge in [0.1, 0.15) is 33.6 Å². The summed E-state index contributed by atoms with van der Waals surface area (Å²) < 4.78 is 23.2. The number of carbonyl (C=O) groups is 3. The molecule has 3 aliphatic rings. The molecule has 8 nitrogen and oxygen atoms in total. The molecule has 3 aromatic rings. The third-order valence-corrected chi connectivity index (χ3v) is 8.36. The summed E-state index contributed by atoms with van der Waals surface area (Å²) in [6, 6.07) is 12.2. The molecular formula is C29H23Cl2NO7. The maximum Gasteiger partial charge on any atom is 0.236 e. The van der Waals surface area contributed by atoms with Crippen molar-refractivity contribution in [1.82, 2.24) is 5.32 Å². The van der Waals surface area contributed by atoms with Crippen molar-refractivity contribution in [2.45, 2.75) is 31.3 Å². The van der Waals surface area contributed by atoms with Crippen LogP contribution in [0, 0.1) is 5.92 Å². The second kappa shape index (κ2) is 9.17. The van der Waals surface area contributed by atoms with Crippen LogP contribution in [0.2, 0.25) is 10.0 Å². The highest BCUT2D eigenvalue weighted by molar-refractivity contribution is 6.36. The van der Waals surface area contributed by atoms with Crippen molar-refractivity contribution in [1.29, 1.82) is 0 Å². The zero-order chi connectivity index (χ0) is 27.6. The molecule has 1 aromatic heterocycles. The minimum atomic E-state index is -1.89. The SMILES string of the molecule is COc1cc(OC)c2c(c1Cl)O[C@@]1(C(=O)C3=C(C[C@H]1C)NC(=O)C[C@@H]3c1ccc(-c3ccccc3Cl)o1)C2=O. The van der Waals surface area contributed by atoms with Gasteiger partial charge < -0.3 is 23.9 Å². The van der Waals surface area contributed by atoms with E-state index in [2.05, 4.69) is 5.32 Å². The molecule has 1 aliphatic carbocycles. The van der Waals surface area contributed by atoms with Crippen molar-refractivity contribution in [2.75, 3.05) is 14.2 Å². The summed E-state index contributed by atoms with van der Waals surface area (Å²) >= 11 is 12.9. The van der Waals surface area contributed by atoms with E-state index in [1.807, 2.05) is 18.2 Å². The van der Waals surface area contributed by atoms with Crippen molar-refractivity contribution < 1.29 is 33.0 Å². The fraction of sp³-hybridized carbons (Fsp3) is 0.276. The van der Waals surface area contributed by atoms with Gasteiger partial charge in [0.2, 0.25) is 23.1 Å². The molecular weight excluding hydrogens is 545 g/mol. The van der Waals surface area contributed by atoms with E-state index in [1.54, 1.807) is 25.1 Å². The summed E-state index contributed by atoms with van der Waals surface area (Å²) in [5.41, 5.74) is -0.388. The Hall–Kier alpha value is -3.75. The molecule has 3 atom stereocenters. The summed E-state index contributed by atoms with van der Waals surface area (Å²) in [4.78, 5) is 41.2. The van der Waals surface area contributed by atoms with Gasteiger partial charge in [-0.15, -0.1) is 0 Å². The van der Waals surface area contributed by atoms with Crippen LogP contribution in [0.4, 0.5) is 0 Å². The van der Waals surface area contributed by atoms with Crippen molar-refractivity contribution in [3.05, 3.63) is 75.1 Å². The number of allylic oxidation sites excluding steroid dienone is 1. The monoisotopic (exact) mass is 567 g/mol. The van der Waals surface area contributed by atoms with Crippen LogP contribution in [-0.2, 0) is 9.59 Å². The fourth-order valence-corrected chi connectivity index (χ4v) is 6.27. The van der Waals surface area contributed by atoms with Crippen LogP contribution in [0.25, 0.3) is 11.3 Å². The van der Waals surface area contributed by atoms with Crippen LogP contribution in [0.5, 0.6) is 17.2 Å². The van der Waals surface area contributed by atoms with Gasteiger partial charge in [0.15, 0.2) is 5.75 Å². The summed E-state index contributed by atoms with van der Waals surface area (Å²) in [7, 11) is 2.84. The van der Waals surface area contributed by atoms with E-state index in [9.17, 15) is 14.4 Å². The predicted molar refractivity (Wildman–Crippen MR) is 143 cm³/mol. The Morgan fingerprint density at radius 2 is 1.72 bits per heavy atom. The van der Waals surface area contributed by atoms with Crippen LogP contribution >= 0.6 is 23.2 Å². The molecule has 0 bridgehead atoms. The van der Waals surface area contributed by atoms with Crippen LogP contribution in [-0.4, -0.2) is 37.3 Å². The molecule has 0 fully saturated rings. The number of carbonyl (C=O) groups excluding carboxylic acids is 3. The van der Waals surface area contributed by atoms with Crippen LogP contribution in [0.15, 0.2) is 58.2 Å². The first-order valence-electron chi connectivity index (χ1n) is 12.3. The Balaban J connectivity index is 1.46. The minimum Gasteiger partial charge on any atom is -0.496 e. The molecule has 2 aliphatic heterocycles. The standard InChI is InChI=1S/C29H23Cl2NO7/c1-13-10-17-23(15(11-22(33)32-17)19-9-8-18(38-19)14-6-4-5-7-16(14)30)27(34)29(13)28(35)24-20(36-2)12-21(37-3)25(31)26(24)39-29/h4-9,12-13,15H,10-11H2,1-3H3,(H,32,33)/t13-,15-,29+/m1/s1. The number of furan rings is 1. The number of hydrogen-bond acceptors (Lipinski definition) is 7. The van der Waals surface area contributed by atoms with Crippen molar-refractivity contribution in [3.8, 4) is 28.6 Å². The maximum absolute atomic E-state index is 14.4. The lowest BCUT2D eigenvalue weighted by Gasteiger charge is -2.41. The van der Waals surface area contributed by atoms with E-state index < -0.39 is 29.0 Å². The average molecular weight is 568 g/mol. The molecule has 0 unspecified atom stereocenters. The number of hydrogen-bond donors (Lipinski definition) is 1. The van der Waals surface area contributed by atoms with E-state index in [0.29, 0.717) is 27.8 Å². The molecule has 0 radical (unpaired) electrons. The second-order valence-corrected chi connectivity index (χ2v) is 10.6. The normalized spacial score (nSPS) is 23.9. The fourth-order valence-electron chi connectivity index (χ4n) is 5.78. The molecule has 10 heteroatoms. The van der Waals surface area contributed by atoms with Gasteiger partial charge in [-0.3, -0.25) is 14.4 Å². The number of ketones is 2. The molecule has 200 valence electrons. The Morgan fingerprint density at radius 3 is 2.44 bits per heavy atom. The van der Waals surface area contributed by atoms with E-state index in [1.165, 1.54) is 20.3 Å². The highest BCUT2D eigenvalue weighted by Gasteiger charge is 2.63. The van der Waals surface area contributed by atoms with Gasteiger partial charge in [0, 0.05) is 35.2 Å². The smallest absolute Gasteiger partial charge is 0.236 e. The van der Waals surface area contributed by atoms with Crippen LogP contribution < -0.4 is 19.5 Å². The van der Waals surface area contributed by atoms with Crippen LogP contribution in [0.1, 0.15) is 41.8 Å². The third kappa shape index (κ3) is 3.62. The number of ether oxygens (including phenoxy) is 3. The van der Waals surface area contributed by atoms with Gasteiger partial charge in [0.25, 0.3) is 0 Å². The van der Waals surface area contributed by atoms with Gasteiger partial charge in [-0.25, -0.2) is 0 Å². The lowest BCUT2D eigenvalue weighted by molar-refractivity contribution is -0.131. The van der Waals surface area contributed by atoms with Gasteiger partial charge in [-0.2, -0.15) is 0 Å². The Labute approximate surface area is 233 Å². The Bertz CT molecular complexity index is 1610. The first kappa shape index (κ1) is 25.5. The number of Topliss-reactive ketones (excluding diaryl/α,β-unsaturated/α-hetero) is 2. The van der Waals surface area contributed by atoms with E-state index in [4.69, 9.17) is 41.8 Å². The summed E-state index contributed by atoms with van der Waals surface area (Å²) in [5.74, 6) is -1.30. The van der Waals surface area contributed by atoms with E-state index in [0.717, 1.165) is 0 Å². The summed E-state index contributed by atoms with van der Waals surface area (Å²) in [5, 5.41) is 3.42. The number of fused-ring (bicyclic) bond motifs is 1. The minimum absolute atomic E-state index is 0.0381. The van der Waals surface area contributed by atoms with Crippen molar-refractivity contribution in [3.63, 3.8) is 0 Å². The van der Waals surface area contributed by atoms with Crippen molar-refractivity contribution >= 4 is 40.7 Å². The van der Waals surface area contributed by atoms with E-state index >= 15 is 0 Å². The van der Waals surface area contributed by atoms with Gasteiger partial charge in [0.05, 0.1) is 25.2 Å². The quantitative estimate of drug-likeness (QED) is 0.400. The molecule has 6 rings (SSSR count). The number of benzene rings is 2. The molecule has 3 heterocycles. The third-order valence-electron chi connectivity index (χ3n) is 7.67. The topological polar surface area (TPSA) is 104 Å². The Kier molecular flexibility index (Phi) is 6.00. The average Bonchev–Trinajstić information content (AvgIpc) is 3.52. The predicted octanol–water partition coefficient (Wildman–Crippen LogP) is 5.75. The Morgan fingerprint density at radius 1 is 0.974 bits per heavy atom. The molecule has 0 saturated heterocycles. The molecule has 0 saturated carbocycles. The van der Waals surface area contributed by atoms with Crippen molar-refractivity contribution in [2.24, 2.45) is 5.92 Å². The highest BCUT2D eigenvalue weighted by atomic mass is 35.5. The molecule has 1 N–H and O–H groups in total. The maximum atomic E-state index is 14.4. The lowest BCUT2D eigenvalue weighted by Crippen LogP contribution is -2.59. The lowest BCUT2D eigenvalue weighted by atomic mass is 9.67. The van der Waals surface area contributed by atoms with Crippen LogP contribution in [0.3, 0.4) is 0 Å². The highest BCUT2D eigenvalue weighted by Crippen LogP contribution is 2.55. The zero-order valence-electron chi connectivity index (χ0n) is 21.2. The number of amides is 1. The van der Waals surface area contributed by atoms with Gasteiger partial charge in [-0.1, -0.05) is 42.3 Å². The summed E-state index contributed by atoms with van der Waals surface area (Å²) in [6.07, 6.45) is 0.182. The number of rotatable bonds is 4. The van der Waals surface area contributed by atoms with E-state index in [-0.39, 0.29) is 52.2 Å². The number of halogens is 2. The largest absolute Gasteiger partial charge is 0.496 e.